The van der Waals surface area contributed by atoms with Gasteiger partial charge >= 0.3 is 0 Å². The van der Waals surface area contributed by atoms with Gasteiger partial charge in [-0.15, -0.1) is 0 Å². The Morgan fingerprint density at radius 2 is 1.89 bits per heavy atom. The van der Waals surface area contributed by atoms with Gasteiger partial charge in [-0.25, -0.2) is 0 Å². The van der Waals surface area contributed by atoms with Crippen molar-refractivity contribution in [2.45, 2.75) is 57.4 Å². The van der Waals surface area contributed by atoms with Crippen LogP contribution in [0.1, 0.15) is 49.7 Å². The Labute approximate surface area is 229 Å². The van der Waals surface area contributed by atoms with Gasteiger partial charge in [-0.1, -0.05) is 55.1 Å². The van der Waals surface area contributed by atoms with Crippen molar-refractivity contribution >= 4 is 29.1 Å². The van der Waals surface area contributed by atoms with Crippen LogP contribution in [-0.2, 0) is 27.2 Å². The monoisotopic (exact) mass is 543 g/mol. The first-order valence-electron chi connectivity index (χ1n) is 13.6. The van der Waals surface area contributed by atoms with Gasteiger partial charge in [0, 0.05) is 24.2 Å². The average molecular weight is 544 g/mol. The number of anilines is 1. The summed E-state index contributed by atoms with van der Waals surface area (Å²) in [6.45, 7) is 2.92. The Morgan fingerprint density at radius 3 is 2.71 bits per heavy atom. The van der Waals surface area contributed by atoms with Crippen molar-refractivity contribution in [3.63, 3.8) is 0 Å². The van der Waals surface area contributed by atoms with Gasteiger partial charge in [0.15, 0.2) is 12.4 Å². The molecule has 0 spiro atoms. The summed E-state index contributed by atoms with van der Waals surface area (Å²) in [5.74, 6) is 0.397. The number of nitrogens with zero attached hydrogens (tertiary/aromatic N) is 1. The maximum atomic E-state index is 13.2. The Bertz CT molecular complexity index is 1090. The summed E-state index contributed by atoms with van der Waals surface area (Å²) < 4.78 is 11.3. The summed E-state index contributed by atoms with van der Waals surface area (Å²) in [4.78, 5) is 26.8. The van der Waals surface area contributed by atoms with E-state index in [1.807, 2.05) is 35.2 Å². The zero-order valence-electron chi connectivity index (χ0n) is 21.8. The molecule has 9 heteroatoms. The molecule has 1 saturated carbocycles. The molecule has 0 unspecified atom stereocenters. The fourth-order valence-corrected chi connectivity index (χ4v) is 5.38. The van der Waals surface area contributed by atoms with Crippen molar-refractivity contribution in [1.29, 1.82) is 0 Å². The lowest BCUT2D eigenvalue weighted by molar-refractivity contribution is -0.135. The van der Waals surface area contributed by atoms with Gasteiger partial charge in [-0.05, 0) is 55.5 Å². The van der Waals surface area contributed by atoms with Crippen LogP contribution >= 0.6 is 11.6 Å². The van der Waals surface area contributed by atoms with Crippen molar-refractivity contribution in [1.82, 2.24) is 10.2 Å². The number of hydrogen-bond acceptors (Lipinski definition) is 6. The fraction of sp³-hybridized carbons (Fsp3) is 0.517. The highest BCUT2D eigenvalue weighted by Gasteiger charge is 2.25. The molecule has 38 heavy (non-hydrogen) atoms. The lowest BCUT2D eigenvalue weighted by Crippen LogP contribution is -2.45. The number of nitrogens with one attached hydrogen (secondary N) is 2. The van der Waals surface area contributed by atoms with E-state index in [-0.39, 0.29) is 24.2 Å². The quantitative estimate of drug-likeness (QED) is 0.257. The molecule has 0 bridgehead atoms. The number of phenols is 1. The van der Waals surface area contributed by atoms with Crippen LogP contribution < -0.4 is 15.4 Å². The molecule has 2 aliphatic rings. The van der Waals surface area contributed by atoms with Crippen LogP contribution in [0.15, 0.2) is 36.4 Å². The van der Waals surface area contributed by atoms with E-state index < -0.39 is 0 Å². The Kier molecular flexibility index (Phi) is 10.7. The number of halogens is 1. The molecule has 8 nitrogen and oxygen atoms in total. The number of rotatable bonds is 13. The molecular formula is C29H38ClN3O5. The summed E-state index contributed by atoms with van der Waals surface area (Å²) in [6, 6.07) is 11.4. The van der Waals surface area contributed by atoms with Gasteiger partial charge in [0.25, 0.3) is 5.91 Å². The predicted octanol–water partition coefficient (Wildman–Crippen LogP) is 4.32. The first-order valence-corrected chi connectivity index (χ1v) is 14.0. The van der Waals surface area contributed by atoms with Crippen molar-refractivity contribution in [3.05, 3.63) is 52.5 Å². The lowest BCUT2D eigenvalue weighted by Gasteiger charge is -2.34. The average Bonchev–Trinajstić information content (AvgIpc) is 2.93. The van der Waals surface area contributed by atoms with E-state index in [9.17, 15) is 14.7 Å². The first kappa shape index (κ1) is 28.2. The number of carbonyl (C=O) groups is 2. The van der Waals surface area contributed by atoms with Gasteiger partial charge in [-0.2, -0.15) is 0 Å². The van der Waals surface area contributed by atoms with E-state index >= 15 is 0 Å². The molecule has 206 valence electrons. The normalized spacial score (nSPS) is 15.4. The fourth-order valence-electron chi connectivity index (χ4n) is 5.15. The molecule has 0 aromatic heterocycles. The standard InChI is InChI=1S/C29H38ClN3O5/c30-24-9-5-4-6-21(24)13-18-37-19-14-27(36)33(23-7-2-1-3-8-23)17-16-31-15-12-22-10-11-25(34)28-29(22)38-20-26(35)32-28/h4-6,9-11,23,31,34H,1-3,7-8,12-20H2,(H,32,35). The van der Waals surface area contributed by atoms with Gasteiger partial charge in [0.1, 0.15) is 11.4 Å². The summed E-state index contributed by atoms with van der Waals surface area (Å²) in [7, 11) is 0. The van der Waals surface area contributed by atoms with Crippen molar-refractivity contribution in [2.75, 3.05) is 44.8 Å². The van der Waals surface area contributed by atoms with Gasteiger partial charge in [0.05, 0.1) is 19.6 Å². The van der Waals surface area contributed by atoms with Crippen LogP contribution in [0.5, 0.6) is 11.5 Å². The second-order valence-corrected chi connectivity index (χ2v) is 10.3. The highest BCUT2D eigenvalue weighted by Crippen LogP contribution is 2.39. The molecule has 2 amide bonds. The van der Waals surface area contributed by atoms with Crippen LogP contribution in [-0.4, -0.2) is 67.3 Å². The van der Waals surface area contributed by atoms with Gasteiger partial charge < -0.3 is 30.1 Å². The molecule has 0 atom stereocenters. The molecular weight excluding hydrogens is 506 g/mol. The second kappa shape index (κ2) is 14.4. The van der Waals surface area contributed by atoms with Gasteiger partial charge in [-0.3, -0.25) is 9.59 Å². The number of benzene rings is 2. The third kappa shape index (κ3) is 7.85. The van der Waals surface area contributed by atoms with Crippen LogP contribution in [0.25, 0.3) is 0 Å². The third-order valence-electron chi connectivity index (χ3n) is 7.20. The molecule has 4 rings (SSSR count). The molecule has 1 aliphatic heterocycles. The largest absolute Gasteiger partial charge is 0.506 e. The predicted molar refractivity (Wildman–Crippen MR) is 148 cm³/mol. The second-order valence-electron chi connectivity index (χ2n) is 9.87. The minimum Gasteiger partial charge on any atom is -0.506 e. The number of phenolic OH excluding ortho intramolecular Hbond substituents is 1. The number of amides is 2. The number of fused-ring (bicyclic) bond motifs is 1. The number of ether oxygens (including phenoxy) is 2. The third-order valence-corrected chi connectivity index (χ3v) is 7.57. The van der Waals surface area contributed by atoms with Crippen molar-refractivity contribution in [2.24, 2.45) is 0 Å². The zero-order valence-corrected chi connectivity index (χ0v) is 22.6. The van der Waals surface area contributed by atoms with Crippen LogP contribution in [0.2, 0.25) is 5.02 Å². The maximum absolute atomic E-state index is 13.2. The highest BCUT2D eigenvalue weighted by molar-refractivity contribution is 6.31. The maximum Gasteiger partial charge on any atom is 0.262 e. The molecule has 2 aromatic carbocycles. The molecule has 1 fully saturated rings. The van der Waals surface area contributed by atoms with Crippen molar-refractivity contribution < 1.29 is 24.2 Å². The van der Waals surface area contributed by atoms with E-state index in [1.165, 1.54) is 19.3 Å². The summed E-state index contributed by atoms with van der Waals surface area (Å²) in [5, 5.41) is 16.9. The Balaban J connectivity index is 1.21. The van der Waals surface area contributed by atoms with Crippen LogP contribution in [0, 0.1) is 0 Å². The Hall–Kier alpha value is -2.81. The van der Waals surface area contributed by atoms with E-state index in [2.05, 4.69) is 10.6 Å². The molecule has 1 heterocycles. The highest BCUT2D eigenvalue weighted by atomic mass is 35.5. The minimum atomic E-state index is -0.276. The summed E-state index contributed by atoms with van der Waals surface area (Å²) in [5.41, 5.74) is 2.31. The van der Waals surface area contributed by atoms with E-state index in [0.717, 1.165) is 35.4 Å². The van der Waals surface area contributed by atoms with E-state index in [4.69, 9.17) is 21.1 Å². The molecule has 3 N–H and O–H groups in total. The van der Waals surface area contributed by atoms with E-state index in [0.29, 0.717) is 63.2 Å². The van der Waals surface area contributed by atoms with Crippen LogP contribution in [0.4, 0.5) is 5.69 Å². The molecule has 0 radical (unpaired) electrons. The topological polar surface area (TPSA) is 100 Å². The number of hydrogen-bond donors (Lipinski definition) is 3. The number of aromatic hydroxyl groups is 1. The zero-order chi connectivity index (χ0) is 26.7. The lowest BCUT2D eigenvalue weighted by atomic mass is 9.94. The molecule has 1 aliphatic carbocycles. The summed E-state index contributed by atoms with van der Waals surface area (Å²) >= 11 is 6.21. The van der Waals surface area contributed by atoms with Crippen molar-refractivity contribution in [3.8, 4) is 11.5 Å². The first-order chi connectivity index (χ1) is 18.5. The minimum absolute atomic E-state index is 0.000705. The Morgan fingerprint density at radius 1 is 1.08 bits per heavy atom. The molecule has 2 aromatic rings. The van der Waals surface area contributed by atoms with E-state index in [1.54, 1.807) is 6.07 Å². The number of carbonyl (C=O) groups excluding carboxylic acids is 2. The van der Waals surface area contributed by atoms with Crippen LogP contribution in [0.3, 0.4) is 0 Å². The van der Waals surface area contributed by atoms with Gasteiger partial charge in [0.2, 0.25) is 5.91 Å². The smallest absolute Gasteiger partial charge is 0.262 e. The summed E-state index contributed by atoms with van der Waals surface area (Å²) in [6.07, 6.45) is 7.46. The SMILES string of the molecule is O=C1COc2c(CCNCCN(C(=O)CCOCCc3ccccc3Cl)C3CCCCC3)ccc(O)c2N1. The molecule has 0 saturated heterocycles.